The van der Waals surface area contributed by atoms with Gasteiger partial charge < -0.3 is 20.4 Å². The molecule has 2 amide bonds. The molecule has 0 fully saturated rings. The molecule has 6 heteroatoms. The Bertz CT molecular complexity index is 1220. The Morgan fingerprint density at radius 2 is 1.63 bits per heavy atom. The number of nitrogens with zero attached hydrogens (tertiary/aromatic N) is 2. The standard InChI is InChI=1S/C29H36N4O2/c1-19(2)29(35)33-17-23(31-28(34)21(4)30-5)16-32(26-12-8-9-13-27(26)33)18-25-20(3)14-15-22-10-6-7-11-24(22)25/h6-15,19,21,23,30H,16-18H2,1-5H3,(H,31,34)/t21-,23+/m0/s1. The number of rotatable bonds is 6. The molecule has 0 saturated carbocycles. The highest BCUT2D eigenvalue weighted by Gasteiger charge is 2.32. The summed E-state index contributed by atoms with van der Waals surface area (Å²) in [6.45, 7) is 9.54. The van der Waals surface area contributed by atoms with E-state index in [2.05, 4.69) is 64.9 Å². The SMILES string of the molecule is CN[C@@H](C)C(=O)N[C@@H]1CN(Cc2c(C)ccc3ccccc23)c2ccccc2N(C(=O)C(C)C)C1. The molecule has 0 aromatic heterocycles. The molecule has 0 unspecified atom stereocenters. The van der Waals surface area contributed by atoms with Crippen LogP contribution in [0.15, 0.2) is 60.7 Å². The van der Waals surface area contributed by atoms with Gasteiger partial charge in [-0.1, -0.05) is 62.4 Å². The van der Waals surface area contributed by atoms with Crippen molar-refractivity contribution in [3.63, 3.8) is 0 Å². The van der Waals surface area contributed by atoms with Crippen molar-refractivity contribution in [2.24, 2.45) is 5.92 Å². The normalized spacial score (nSPS) is 16.7. The lowest BCUT2D eigenvalue weighted by molar-refractivity contribution is -0.124. The van der Waals surface area contributed by atoms with E-state index in [1.165, 1.54) is 21.9 Å². The molecule has 0 aliphatic carbocycles. The number of hydrogen-bond donors (Lipinski definition) is 2. The van der Waals surface area contributed by atoms with Gasteiger partial charge in [-0.3, -0.25) is 9.59 Å². The van der Waals surface area contributed by atoms with Crippen LogP contribution in [0.1, 0.15) is 31.9 Å². The predicted octanol–water partition coefficient (Wildman–Crippen LogP) is 4.25. The number of benzene rings is 3. The highest BCUT2D eigenvalue weighted by atomic mass is 16.2. The van der Waals surface area contributed by atoms with Crippen molar-refractivity contribution in [1.82, 2.24) is 10.6 Å². The lowest BCUT2D eigenvalue weighted by Gasteiger charge is -2.29. The maximum Gasteiger partial charge on any atom is 0.237 e. The monoisotopic (exact) mass is 472 g/mol. The second-order valence-corrected chi connectivity index (χ2v) is 9.77. The van der Waals surface area contributed by atoms with Gasteiger partial charge in [-0.25, -0.2) is 0 Å². The molecule has 35 heavy (non-hydrogen) atoms. The fourth-order valence-corrected chi connectivity index (χ4v) is 4.77. The Hall–Kier alpha value is -3.38. The first-order chi connectivity index (χ1) is 16.8. The van der Waals surface area contributed by atoms with Gasteiger partial charge in [0.05, 0.1) is 23.5 Å². The van der Waals surface area contributed by atoms with Crippen molar-refractivity contribution >= 4 is 34.0 Å². The minimum Gasteiger partial charge on any atom is -0.363 e. The number of amides is 2. The molecule has 1 aliphatic rings. The van der Waals surface area contributed by atoms with E-state index in [1.807, 2.05) is 43.9 Å². The Labute approximate surface area is 208 Å². The fraction of sp³-hybridized carbons (Fsp3) is 0.379. The van der Waals surface area contributed by atoms with Crippen LogP contribution in [0.5, 0.6) is 0 Å². The third kappa shape index (κ3) is 5.17. The zero-order valence-corrected chi connectivity index (χ0v) is 21.3. The molecule has 0 bridgehead atoms. The highest BCUT2D eigenvalue weighted by Crippen LogP contribution is 2.35. The van der Waals surface area contributed by atoms with Crippen LogP contribution in [0.25, 0.3) is 10.8 Å². The number of fused-ring (bicyclic) bond motifs is 2. The predicted molar refractivity (Wildman–Crippen MR) is 144 cm³/mol. The number of hydrogen-bond acceptors (Lipinski definition) is 4. The van der Waals surface area contributed by atoms with E-state index in [0.29, 0.717) is 19.6 Å². The molecule has 3 aromatic rings. The summed E-state index contributed by atoms with van der Waals surface area (Å²) in [6, 6.07) is 20.3. The van der Waals surface area contributed by atoms with E-state index in [9.17, 15) is 9.59 Å². The Balaban J connectivity index is 1.78. The van der Waals surface area contributed by atoms with Gasteiger partial charge >= 0.3 is 0 Å². The van der Waals surface area contributed by atoms with Crippen molar-refractivity contribution in [2.45, 2.75) is 46.3 Å². The van der Waals surface area contributed by atoms with Crippen LogP contribution < -0.4 is 20.4 Å². The van der Waals surface area contributed by atoms with E-state index in [0.717, 1.165) is 11.4 Å². The fourth-order valence-electron chi connectivity index (χ4n) is 4.77. The second kappa shape index (κ2) is 10.5. The Morgan fingerprint density at radius 1 is 0.943 bits per heavy atom. The summed E-state index contributed by atoms with van der Waals surface area (Å²) in [4.78, 5) is 30.3. The quantitative estimate of drug-likeness (QED) is 0.563. The van der Waals surface area contributed by atoms with Crippen LogP contribution >= 0.6 is 0 Å². The molecule has 1 heterocycles. The summed E-state index contributed by atoms with van der Waals surface area (Å²) in [5.41, 5.74) is 4.38. The smallest absolute Gasteiger partial charge is 0.237 e. The summed E-state index contributed by atoms with van der Waals surface area (Å²) in [5, 5.41) is 8.65. The van der Waals surface area contributed by atoms with Gasteiger partial charge in [0.1, 0.15) is 0 Å². The maximum absolute atomic E-state index is 13.3. The van der Waals surface area contributed by atoms with Crippen LogP contribution in [0, 0.1) is 12.8 Å². The number of para-hydroxylation sites is 2. The first-order valence-corrected chi connectivity index (χ1v) is 12.4. The molecule has 0 spiro atoms. The van der Waals surface area contributed by atoms with Crippen molar-refractivity contribution in [3.8, 4) is 0 Å². The van der Waals surface area contributed by atoms with Gasteiger partial charge in [-0.2, -0.15) is 0 Å². The largest absolute Gasteiger partial charge is 0.363 e. The lowest BCUT2D eigenvalue weighted by Crippen LogP contribution is -2.53. The number of carbonyl (C=O) groups excluding carboxylic acids is 2. The van der Waals surface area contributed by atoms with E-state index >= 15 is 0 Å². The highest BCUT2D eigenvalue weighted by molar-refractivity contribution is 5.98. The molecular weight excluding hydrogens is 436 g/mol. The topological polar surface area (TPSA) is 64.7 Å². The van der Waals surface area contributed by atoms with Crippen molar-refractivity contribution in [3.05, 3.63) is 71.8 Å². The molecule has 184 valence electrons. The summed E-state index contributed by atoms with van der Waals surface area (Å²) in [7, 11) is 1.78. The molecule has 0 saturated heterocycles. The average molecular weight is 473 g/mol. The van der Waals surface area contributed by atoms with Crippen LogP contribution in [0.3, 0.4) is 0 Å². The minimum absolute atomic E-state index is 0.0570. The summed E-state index contributed by atoms with van der Waals surface area (Å²) in [6.07, 6.45) is 0. The van der Waals surface area contributed by atoms with Crippen LogP contribution in [0.4, 0.5) is 11.4 Å². The van der Waals surface area contributed by atoms with E-state index in [-0.39, 0.29) is 29.8 Å². The molecular formula is C29H36N4O2. The van der Waals surface area contributed by atoms with Gasteiger partial charge in [0.15, 0.2) is 0 Å². The van der Waals surface area contributed by atoms with Crippen molar-refractivity contribution in [1.29, 1.82) is 0 Å². The summed E-state index contributed by atoms with van der Waals surface area (Å²) >= 11 is 0. The summed E-state index contributed by atoms with van der Waals surface area (Å²) < 4.78 is 0. The maximum atomic E-state index is 13.3. The van der Waals surface area contributed by atoms with Crippen LogP contribution in [-0.2, 0) is 16.1 Å². The average Bonchev–Trinajstić information content (AvgIpc) is 3.01. The van der Waals surface area contributed by atoms with E-state index in [1.54, 1.807) is 7.05 Å². The van der Waals surface area contributed by atoms with Crippen molar-refractivity contribution in [2.75, 3.05) is 29.9 Å². The molecule has 3 aromatic carbocycles. The molecule has 1 aliphatic heterocycles. The van der Waals surface area contributed by atoms with Gasteiger partial charge in [0.25, 0.3) is 0 Å². The minimum atomic E-state index is -0.316. The van der Waals surface area contributed by atoms with Gasteiger partial charge in [-0.15, -0.1) is 0 Å². The second-order valence-electron chi connectivity index (χ2n) is 9.77. The van der Waals surface area contributed by atoms with E-state index < -0.39 is 0 Å². The molecule has 0 radical (unpaired) electrons. The summed E-state index contributed by atoms with van der Waals surface area (Å²) in [5.74, 6) is -0.161. The Kier molecular flexibility index (Phi) is 7.41. The third-order valence-electron chi connectivity index (χ3n) is 6.91. The van der Waals surface area contributed by atoms with Crippen molar-refractivity contribution < 1.29 is 9.59 Å². The van der Waals surface area contributed by atoms with Crippen LogP contribution in [0.2, 0.25) is 0 Å². The third-order valence-corrected chi connectivity index (χ3v) is 6.91. The molecule has 4 rings (SSSR count). The lowest BCUT2D eigenvalue weighted by atomic mass is 9.99. The number of carbonyl (C=O) groups is 2. The number of likely N-dealkylation sites (N-methyl/N-ethyl adjacent to an activating group) is 1. The zero-order chi connectivity index (χ0) is 25.1. The number of aryl methyl sites for hydroxylation is 1. The number of nitrogens with one attached hydrogen (secondary N) is 2. The van der Waals surface area contributed by atoms with Gasteiger partial charge in [-0.05, 0) is 54.9 Å². The van der Waals surface area contributed by atoms with Crippen LogP contribution in [-0.4, -0.2) is 44.0 Å². The first-order valence-electron chi connectivity index (χ1n) is 12.4. The molecule has 2 N–H and O–H groups in total. The van der Waals surface area contributed by atoms with E-state index in [4.69, 9.17) is 0 Å². The van der Waals surface area contributed by atoms with Gasteiger partial charge in [0, 0.05) is 25.6 Å². The Morgan fingerprint density at radius 3 is 2.34 bits per heavy atom. The number of anilines is 2. The first kappa shape index (κ1) is 24.7. The molecule has 2 atom stereocenters. The van der Waals surface area contributed by atoms with Gasteiger partial charge in [0.2, 0.25) is 11.8 Å². The molecule has 6 nitrogen and oxygen atoms in total. The zero-order valence-electron chi connectivity index (χ0n) is 21.3.